The van der Waals surface area contributed by atoms with Gasteiger partial charge in [-0.25, -0.2) is 0 Å². The van der Waals surface area contributed by atoms with Crippen molar-refractivity contribution in [1.82, 2.24) is 0 Å². The number of ether oxygens (including phenoxy) is 1. The molecule has 0 aliphatic heterocycles. The largest absolute Gasteiger partial charge is 0.508 e. The van der Waals surface area contributed by atoms with Gasteiger partial charge >= 0.3 is 5.97 Å². The van der Waals surface area contributed by atoms with Crippen molar-refractivity contribution in [2.45, 2.75) is 12.8 Å². The summed E-state index contributed by atoms with van der Waals surface area (Å²) in [7, 11) is 0. The van der Waals surface area contributed by atoms with Gasteiger partial charge in [-0.2, -0.15) is 0 Å². The standard InChI is InChI=1S/C10H10Cl2O4/c11-7-4-6(13)5-8(12)10(7)16-3-1-2-9(14)15/h4-5,13H,1-3H2,(H,14,15). The second kappa shape index (κ2) is 5.82. The number of aromatic hydroxyl groups is 1. The van der Waals surface area contributed by atoms with Gasteiger partial charge in [-0.3, -0.25) is 4.79 Å². The number of carboxylic acid groups (broad SMARTS) is 1. The molecule has 0 aliphatic rings. The first kappa shape index (κ1) is 12.9. The lowest BCUT2D eigenvalue weighted by atomic mass is 10.3. The minimum absolute atomic E-state index is 0.0212. The summed E-state index contributed by atoms with van der Waals surface area (Å²) < 4.78 is 5.23. The summed E-state index contributed by atoms with van der Waals surface area (Å²) in [6.45, 7) is 0.205. The summed E-state index contributed by atoms with van der Waals surface area (Å²) in [6, 6.07) is 2.61. The average molecular weight is 265 g/mol. The van der Waals surface area contributed by atoms with Crippen molar-refractivity contribution >= 4 is 29.2 Å². The first-order valence-corrected chi connectivity index (χ1v) is 5.29. The predicted octanol–water partition coefficient (Wildman–Crippen LogP) is 2.94. The molecule has 0 bridgehead atoms. The molecule has 88 valence electrons. The minimum atomic E-state index is -0.883. The van der Waals surface area contributed by atoms with E-state index in [4.69, 9.17) is 38.2 Å². The van der Waals surface area contributed by atoms with Crippen LogP contribution in [-0.4, -0.2) is 22.8 Å². The van der Waals surface area contributed by atoms with E-state index in [9.17, 15) is 4.79 Å². The lowest BCUT2D eigenvalue weighted by Gasteiger charge is -2.09. The van der Waals surface area contributed by atoms with Crippen molar-refractivity contribution in [1.29, 1.82) is 0 Å². The molecule has 1 aromatic carbocycles. The van der Waals surface area contributed by atoms with Gasteiger partial charge in [0.1, 0.15) is 5.75 Å². The van der Waals surface area contributed by atoms with E-state index in [1.807, 2.05) is 0 Å². The summed E-state index contributed by atoms with van der Waals surface area (Å²) in [6.07, 6.45) is 0.385. The Morgan fingerprint density at radius 1 is 1.31 bits per heavy atom. The van der Waals surface area contributed by atoms with Gasteiger partial charge in [0.25, 0.3) is 0 Å². The fourth-order valence-electron chi connectivity index (χ4n) is 1.08. The van der Waals surface area contributed by atoms with Gasteiger partial charge in [-0.1, -0.05) is 23.2 Å². The van der Waals surface area contributed by atoms with E-state index in [-0.39, 0.29) is 34.6 Å². The molecular weight excluding hydrogens is 255 g/mol. The van der Waals surface area contributed by atoms with Gasteiger partial charge in [-0.15, -0.1) is 0 Å². The summed E-state index contributed by atoms with van der Waals surface area (Å²) in [5.74, 6) is -0.675. The van der Waals surface area contributed by atoms with Crippen LogP contribution in [0.25, 0.3) is 0 Å². The second-order valence-corrected chi connectivity index (χ2v) is 3.90. The minimum Gasteiger partial charge on any atom is -0.508 e. The normalized spacial score (nSPS) is 10.1. The highest BCUT2D eigenvalue weighted by Crippen LogP contribution is 2.36. The van der Waals surface area contributed by atoms with E-state index in [1.54, 1.807) is 0 Å². The van der Waals surface area contributed by atoms with Gasteiger partial charge in [-0.05, 0) is 6.42 Å². The van der Waals surface area contributed by atoms with Crippen LogP contribution >= 0.6 is 23.2 Å². The van der Waals surface area contributed by atoms with Gasteiger partial charge in [0.2, 0.25) is 0 Å². The zero-order valence-electron chi connectivity index (χ0n) is 8.24. The molecule has 0 spiro atoms. The van der Waals surface area contributed by atoms with Crippen molar-refractivity contribution in [3.63, 3.8) is 0 Å². The SMILES string of the molecule is O=C(O)CCCOc1c(Cl)cc(O)cc1Cl. The summed E-state index contributed by atoms with van der Waals surface area (Å²) >= 11 is 11.6. The summed E-state index contributed by atoms with van der Waals surface area (Å²) in [5, 5.41) is 18.0. The van der Waals surface area contributed by atoms with Crippen LogP contribution in [0.3, 0.4) is 0 Å². The number of hydrogen-bond donors (Lipinski definition) is 2. The third kappa shape index (κ3) is 3.79. The Hall–Kier alpha value is -1.13. The number of hydrogen-bond acceptors (Lipinski definition) is 3. The number of carboxylic acids is 1. The number of aliphatic carboxylic acids is 1. The fourth-order valence-corrected chi connectivity index (χ4v) is 1.67. The van der Waals surface area contributed by atoms with Crippen LogP contribution in [-0.2, 0) is 4.79 Å². The molecule has 0 saturated carbocycles. The van der Waals surface area contributed by atoms with E-state index in [0.29, 0.717) is 6.42 Å². The highest BCUT2D eigenvalue weighted by molar-refractivity contribution is 6.37. The average Bonchev–Trinajstić information content (AvgIpc) is 2.14. The lowest BCUT2D eigenvalue weighted by molar-refractivity contribution is -0.137. The van der Waals surface area contributed by atoms with E-state index in [0.717, 1.165) is 0 Å². The summed E-state index contributed by atoms with van der Waals surface area (Å²) in [5.41, 5.74) is 0. The van der Waals surface area contributed by atoms with Crippen LogP contribution in [0.4, 0.5) is 0 Å². The second-order valence-electron chi connectivity index (χ2n) is 3.08. The zero-order valence-corrected chi connectivity index (χ0v) is 9.75. The van der Waals surface area contributed by atoms with E-state index >= 15 is 0 Å². The van der Waals surface area contributed by atoms with Gasteiger partial charge in [0.05, 0.1) is 16.7 Å². The maximum atomic E-state index is 10.2. The van der Waals surface area contributed by atoms with Crippen molar-refractivity contribution in [3.8, 4) is 11.5 Å². The number of carbonyl (C=O) groups is 1. The van der Waals surface area contributed by atoms with Crippen LogP contribution in [0.15, 0.2) is 12.1 Å². The predicted molar refractivity (Wildman–Crippen MR) is 60.5 cm³/mol. The third-order valence-electron chi connectivity index (χ3n) is 1.76. The Morgan fingerprint density at radius 3 is 2.38 bits per heavy atom. The van der Waals surface area contributed by atoms with Crippen molar-refractivity contribution in [3.05, 3.63) is 22.2 Å². The fraction of sp³-hybridized carbons (Fsp3) is 0.300. The maximum Gasteiger partial charge on any atom is 0.303 e. The molecule has 0 heterocycles. The smallest absolute Gasteiger partial charge is 0.303 e. The molecule has 16 heavy (non-hydrogen) atoms. The molecule has 0 atom stereocenters. The molecule has 1 aromatic rings. The maximum absolute atomic E-state index is 10.2. The highest BCUT2D eigenvalue weighted by atomic mass is 35.5. The first-order chi connectivity index (χ1) is 7.50. The van der Waals surface area contributed by atoms with Crippen LogP contribution in [0.1, 0.15) is 12.8 Å². The Balaban J connectivity index is 2.57. The topological polar surface area (TPSA) is 66.8 Å². The number of phenolic OH excluding ortho intramolecular Hbond substituents is 1. The molecule has 0 radical (unpaired) electrons. The van der Waals surface area contributed by atoms with Crippen LogP contribution in [0, 0.1) is 0 Å². The van der Waals surface area contributed by atoms with E-state index in [1.165, 1.54) is 12.1 Å². The molecule has 0 aromatic heterocycles. The van der Waals surface area contributed by atoms with Crippen LogP contribution in [0.2, 0.25) is 10.0 Å². The highest BCUT2D eigenvalue weighted by Gasteiger charge is 2.09. The molecule has 0 fully saturated rings. The quantitative estimate of drug-likeness (QED) is 0.803. The zero-order chi connectivity index (χ0) is 12.1. The Kier molecular flexibility index (Phi) is 4.71. The number of phenols is 1. The molecule has 0 aliphatic carbocycles. The van der Waals surface area contributed by atoms with Gasteiger partial charge in [0, 0.05) is 18.6 Å². The van der Waals surface area contributed by atoms with E-state index < -0.39 is 5.97 Å². The third-order valence-corrected chi connectivity index (χ3v) is 2.33. The van der Waals surface area contributed by atoms with Crippen molar-refractivity contribution in [2.24, 2.45) is 0 Å². The lowest BCUT2D eigenvalue weighted by Crippen LogP contribution is -2.02. The molecular formula is C10H10Cl2O4. The van der Waals surface area contributed by atoms with Crippen LogP contribution < -0.4 is 4.74 Å². The Morgan fingerprint density at radius 2 is 1.88 bits per heavy atom. The molecule has 2 N–H and O–H groups in total. The van der Waals surface area contributed by atoms with Gasteiger partial charge < -0.3 is 14.9 Å². The monoisotopic (exact) mass is 264 g/mol. The molecule has 0 saturated heterocycles. The van der Waals surface area contributed by atoms with Crippen molar-refractivity contribution in [2.75, 3.05) is 6.61 Å². The van der Waals surface area contributed by atoms with E-state index in [2.05, 4.69) is 0 Å². The number of rotatable bonds is 5. The molecule has 4 nitrogen and oxygen atoms in total. The number of halogens is 2. The first-order valence-electron chi connectivity index (χ1n) is 4.53. The molecule has 1 rings (SSSR count). The summed E-state index contributed by atoms with van der Waals surface area (Å²) in [4.78, 5) is 10.2. The van der Waals surface area contributed by atoms with Crippen LogP contribution in [0.5, 0.6) is 11.5 Å². The molecule has 0 unspecified atom stereocenters. The number of benzene rings is 1. The Bertz CT molecular complexity index is 369. The Labute approximate surface area is 102 Å². The molecule has 6 heteroatoms. The van der Waals surface area contributed by atoms with Gasteiger partial charge in [0.15, 0.2) is 5.75 Å². The molecule has 0 amide bonds. The van der Waals surface area contributed by atoms with Crippen molar-refractivity contribution < 1.29 is 19.7 Å².